The Morgan fingerprint density at radius 1 is 1.43 bits per heavy atom. The summed E-state index contributed by atoms with van der Waals surface area (Å²) in [7, 11) is 0. The van der Waals surface area contributed by atoms with Crippen molar-refractivity contribution < 1.29 is 14.3 Å². The molecule has 3 atom stereocenters. The van der Waals surface area contributed by atoms with Crippen molar-refractivity contribution in [2.24, 2.45) is 5.92 Å². The third-order valence-electron chi connectivity index (χ3n) is 4.66. The number of nitrogens with one attached hydrogen (secondary N) is 2. The summed E-state index contributed by atoms with van der Waals surface area (Å²) in [6, 6.07) is 6.25. The molecule has 2 aliphatic heterocycles. The zero-order valence-corrected chi connectivity index (χ0v) is 13.9. The van der Waals surface area contributed by atoms with Gasteiger partial charge in [-0.3, -0.25) is 4.79 Å². The second-order valence-electron chi connectivity index (χ2n) is 6.47. The predicted molar refractivity (Wildman–Crippen MR) is 89.7 cm³/mol. The summed E-state index contributed by atoms with van der Waals surface area (Å²) in [5.41, 5.74) is 1.93. The smallest absolute Gasteiger partial charge is 0.265 e. The highest BCUT2D eigenvalue weighted by Gasteiger charge is 2.26. The second kappa shape index (κ2) is 7.32. The first-order chi connectivity index (χ1) is 11.2. The largest absolute Gasteiger partial charge is 0.478 e. The molecule has 5 heteroatoms. The molecule has 1 fully saturated rings. The van der Waals surface area contributed by atoms with Gasteiger partial charge >= 0.3 is 0 Å². The van der Waals surface area contributed by atoms with Crippen LogP contribution in [0.5, 0.6) is 5.75 Å². The van der Waals surface area contributed by atoms with Crippen LogP contribution in [0, 0.1) is 5.92 Å². The molecule has 0 saturated carbocycles. The van der Waals surface area contributed by atoms with E-state index in [1.54, 1.807) is 0 Å². The Hall–Kier alpha value is -1.59. The number of fused-ring (bicyclic) bond motifs is 1. The molecule has 3 rings (SSSR count). The van der Waals surface area contributed by atoms with Gasteiger partial charge in [0.2, 0.25) is 0 Å². The van der Waals surface area contributed by atoms with Crippen LogP contribution in [0.3, 0.4) is 0 Å². The fraction of sp³-hybridized carbons (Fsp3) is 0.611. The van der Waals surface area contributed by atoms with Crippen LogP contribution in [0.2, 0.25) is 0 Å². The Morgan fingerprint density at radius 3 is 3.04 bits per heavy atom. The van der Waals surface area contributed by atoms with Crippen molar-refractivity contribution in [2.45, 2.75) is 45.3 Å². The van der Waals surface area contributed by atoms with E-state index in [0.29, 0.717) is 12.3 Å². The molecule has 2 aliphatic rings. The molecule has 23 heavy (non-hydrogen) atoms. The molecule has 1 aromatic carbocycles. The fourth-order valence-corrected chi connectivity index (χ4v) is 3.13. The molecule has 0 bridgehead atoms. The van der Waals surface area contributed by atoms with Crippen molar-refractivity contribution in [1.29, 1.82) is 0 Å². The van der Waals surface area contributed by atoms with E-state index < -0.39 is 0 Å². The molecule has 1 amide bonds. The zero-order chi connectivity index (χ0) is 16.2. The number of ether oxygens (including phenoxy) is 2. The van der Waals surface area contributed by atoms with Crippen LogP contribution in [-0.4, -0.2) is 31.8 Å². The van der Waals surface area contributed by atoms with E-state index in [2.05, 4.69) is 17.6 Å². The summed E-state index contributed by atoms with van der Waals surface area (Å²) in [5.74, 6) is 1.31. The lowest BCUT2D eigenvalue weighted by Crippen LogP contribution is -2.36. The molecule has 0 aromatic heterocycles. The van der Waals surface area contributed by atoms with Gasteiger partial charge in [0.05, 0.1) is 12.3 Å². The quantitative estimate of drug-likeness (QED) is 0.876. The number of anilines is 1. The van der Waals surface area contributed by atoms with Crippen molar-refractivity contribution in [3.8, 4) is 5.75 Å². The molecule has 0 aliphatic carbocycles. The number of carbonyl (C=O) groups excluding carboxylic acids is 1. The number of hydrogen-bond donors (Lipinski definition) is 2. The van der Waals surface area contributed by atoms with Gasteiger partial charge in [0, 0.05) is 19.2 Å². The summed E-state index contributed by atoms with van der Waals surface area (Å²) in [4.78, 5) is 11.8. The number of carbonyl (C=O) groups is 1. The van der Waals surface area contributed by atoms with E-state index in [0.717, 1.165) is 37.6 Å². The molecule has 3 unspecified atom stereocenters. The topological polar surface area (TPSA) is 59.6 Å². The van der Waals surface area contributed by atoms with E-state index in [9.17, 15) is 4.79 Å². The van der Waals surface area contributed by atoms with Crippen LogP contribution in [0.4, 0.5) is 5.69 Å². The monoisotopic (exact) mass is 318 g/mol. The van der Waals surface area contributed by atoms with Crippen LogP contribution in [-0.2, 0) is 9.53 Å². The van der Waals surface area contributed by atoms with Gasteiger partial charge in [0.1, 0.15) is 5.75 Å². The van der Waals surface area contributed by atoms with Gasteiger partial charge in [-0.2, -0.15) is 0 Å². The number of hydrogen-bond acceptors (Lipinski definition) is 4. The molecule has 1 aromatic rings. The zero-order valence-electron chi connectivity index (χ0n) is 13.9. The van der Waals surface area contributed by atoms with E-state index >= 15 is 0 Å². The van der Waals surface area contributed by atoms with E-state index in [4.69, 9.17) is 9.47 Å². The maximum absolute atomic E-state index is 11.8. The number of amides is 1. The van der Waals surface area contributed by atoms with Crippen molar-refractivity contribution in [1.82, 2.24) is 5.32 Å². The molecular weight excluding hydrogens is 292 g/mol. The molecule has 0 spiro atoms. The van der Waals surface area contributed by atoms with Gasteiger partial charge in [-0.1, -0.05) is 13.0 Å². The highest BCUT2D eigenvalue weighted by atomic mass is 16.5. The normalized spacial score (nSPS) is 25.2. The molecule has 1 saturated heterocycles. The lowest BCUT2D eigenvalue weighted by Gasteiger charge is -2.27. The first-order valence-electron chi connectivity index (χ1n) is 8.60. The van der Waals surface area contributed by atoms with Gasteiger partial charge in [0.15, 0.2) is 6.10 Å². The average Bonchev–Trinajstić information content (AvgIpc) is 2.59. The van der Waals surface area contributed by atoms with Crippen LogP contribution in [0.15, 0.2) is 18.2 Å². The Morgan fingerprint density at radius 2 is 2.30 bits per heavy atom. The highest BCUT2D eigenvalue weighted by molar-refractivity contribution is 5.97. The Labute approximate surface area is 137 Å². The van der Waals surface area contributed by atoms with Gasteiger partial charge in [-0.25, -0.2) is 0 Å². The van der Waals surface area contributed by atoms with E-state index in [1.807, 2.05) is 25.1 Å². The predicted octanol–water partition coefficient (Wildman–Crippen LogP) is 2.87. The average molecular weight is 318 g/mol. The first kappa shape index (κ1) is 16.3. The molecule has 2 heterocycles. The highest BCUT2D eigenvalue weighted by Crippen LogP contribution is 2.33. The van der Waals surface area contributed by atoms with Crippen molar-refractivity contribution in [3.05, 3.63) is 23.8 Å². The second-order valence-corrected chi connectivity index (χ2v) is 6.47. The summed E-state index contributed by atoms with van der Waals surface area (Å²) in [5, 5.41) is 6.50. The van der Waals surface area contributed by atoms with Crippen LogP contribution in [0.1, 0.15) is 44.7 Å². The van der Waals surface area contributed by atoms with E-state index in [1.165, 1.54) is 12.0 Å². The summed E-state index contributed by atoms with van der Waals surface area (Å²) < 4.78 is 11.3. The number of rotatable bonds is 5. The van der Waals surface area contributed by atoms with Gasteiger partial charge in [0.25, 0.3) is 5.91 Å². The van der Waals surface area contributed by atoms with Crippen molar-refractivity contribution in [2.75, 3.05) is 25.1 Å². The molecule has 2 N–H and O–H groups in total. The minimum absolute atomic E-state index is 0.0591. The molecule has 0 radical (unpaired) electrons. The van der Waals surface area contributed by atoms with Gasteiger partial charge in [-0.15, -0.1) is 0 Å². The van der Waals surface area contributed by atoms with Crippen molar-refractivity contribution in [3.63, 3.8) is 0 Å². The summed E-state index contributed by atoms with van der Waals surface area (Å²) >= 11 is 0. The third-order valence-corrected chi connectivity index (χ3v) is 4.66. The first-order valence-corrected chi connectivity index (χ1v) is 8.60. The van der Waals surface area contributed by atoms with Crippen LogP contribution in [0.25, 0.3) is 0 Å². The van der Waals surface area contributed by atoms with Gasteiger partial charge in [-0.05, 0) is 49.8 Å². The number of benzene rings is 1. The molecular formula is C18H26N2O3. The lowest BCUT2D eigenvalue weighted by atomic mass is 10.0. The maximum atomic E-state index is 11.8. The maximum Gasteiger partial charge on any atom is 0.265 e. The summed E-state index contributed by atoms with van der Waals surface area (Å²) in [6.07, 6.45) is 2.67. The Balaban J connectivity index is 1.62. The SMILES string of the molecule is CCC1Oc2cc(C(C)NCC3CCCOC3)ccc2NC1=O. The van der Waals surface area contributed by atoms with E-state index in [-0.39, 0.29) is 18.1 Å². The van der Waals surface area contributed by atoms with Crippen molar-refractivity contribution >= 4 is 11.6 Å². The summed E-state index contributed by atoms with van der Waals surface area (Å²) in [6.45, 7) is 6.84. The standard InChI is InChI=1S/C18H26N2O3/c1-3-16-18(21)20-15-7-6-14(9-17(15)23-16)12(2)19-10-13-5-4-8-22-11-13/h6-7,9,12-13,16,19H,3-5,8,10-11H2,1-2H3,(H,20,21). The van der Waals surface area contributed by atoms with Crippen LogP contribution < -0.4 is 15.4 Å². The molecule has 126 valence electrons. The van der Waals surface area contributed by atoms with Gasteiger partial charge < -0.3 is 20.1 Å². The minimum atomic E-state index is -0.389. The minimum Gasteiger partial charge on any atom is -0.478 e. The van der Waals surface area contributed by atoms with Crippen LogP contribution >= 0.6 is 0 Å². The third kappa shape index (κ3) is 3.85. The fourth-order valence-electron chi connectivity index (χ4n) is 3.13. The lowest BCUT2D eigenvalue weighted by molar-refractivity contribution is -0.123. The Kier molecular flexibility index (Phi) is 5.18. The Bertz CT molecular complexity index is 555. The molecule has 5 nitrogen and oxygen atoms in total.